The van der Waals surface area contributed by atoms with Gasteiger partial charge in [0.25, 0.3) is 5.91 Å². The van der Waals surface area contributed by atoms with Gasteiger partial charge in [-0.2, -0.15) is 15.1 Å². The predicted molar refractivity (Wildman–Crippen MR) is 124 cm³/mol. The van der Waals surface area contributed by atoms with Crippen LogP contribution < -0.4 is 0 Å². The molecule has 160 valence electrons. The van der Waals surface area contributed by atoms with Crippen molar-refractivity contribution >= 4 is 39.8 Å². The SMILES string of the molecule is CCCCCC1=NN2C(=N)C(=Cc3cc(C)n(-c4ccccc4F)c3C)C(=O)N=C2S1. The van der Waals surface area contributed by atoms with Gasteiger partial charge < -0.3 is 4.57 Å². The molecule has 0 aliphatic carbocycles. The van der Waals surface area contributed by atoms with Crippen LogP contribution in [0.3, 0.4) is 0 Å². The van der Waals surface area contributed by atoms with Crippen molar-refractivity contribution in [1.82, 2.24) is 9.58 Å². The molecule has 0 bridgehead atoms. The molecule has 2 aliphatic heterocycles. The van der Waals surface area contributed by atoms with Crippen molar-refractivity contribution in [2.75, 3.05) is 0 Å². The number of unbranched alkanes of at least 4 members (excludes halogenated alkanes) is 2. The molecular formula is C23H24FN5OS. The lowest BCUT2D eigenvalue weighted by Crippen LogP contribution is -2.35. The number of carbonyl (C=O) groups is 1. The first-order valence-corrected chi connectivity index (χ1v) is 11.1. The Labute approximate surface area is 185 Å². The molecule has 2 aromatic rings. The molecule has 2 aliphatic rings. The van der Waals surface area contributed by atoms with Gasteiger partial charge in [-0.25, -0.2) is 4.39 Å². The normalized spacial score (nSPS) is 17.3. The molecule has 0 spiro atoms. The molecule has 3 heterocycles. The van der Waals surface area contributed by atoms with Gasteiger partial charge in [-0.3, -0.25) is 10.2 Å². The lowest BCUT2D eigenvalue weighted by molar-refractivity contribution is -0.114. The summed E-state index contributed by atoms with van der Waals surface area (Å²) in [6.07, 6.45) is 5.73. The van der Waals surface area contributed by atoms with Crippen LogP contribution in [0.1, 0.15) is 49.6 Å². The van der Waals surface area contributed by atoms with E-state index in [1.807, 2.05) is 24.5 Å². The van der Waals surface area contributed by atoms with E-state index in [0.717, 1.165) is 47.7 Å². The number of amidine groups is 2. The summed E-state index contributed by atoms with van der Waals surface area (Å²) in [5.41, 5.74) is 2.99. The van der Waals surface area contributed by atoms with Crippen molar-refractivity contribution < 1.29 is 9.18 Å². The number of aliphatic imine (C=N–C) groups is 1. The fraction of sp³-hybridized carbons (Fsp3) is 0.304. The summed E-state index contributed by atoms with van der Waals surface area (Å²) in [5.74, 6) is -0.758. The molecule has 1 amide bonds. The molecule has 1 N–H and O–H groups in total. The largest absolute Gasteiger partial charge is 0.315 e. The minimum Gasteiger partial charge on any atom is -0.315 e. The Morgan fingerprint density at radius 2 is 2.00 bits per heavy atom. The van der Waals surface area contributed by atoms with Gasteiger partial charge in [-0.05, 0) is 68.3 Å². The Bertz CT molecular complexity index is 1160. The summed E-state index contributed by atoms with van der Waals surface area (Å²) < 4.78 is 16.2. The first kappa shape index (κ1) is 21.2. The summed E-state index contributed by atoms with van der Waals surface area (Å²) in [6.45, 7) is 5.90. The van der Waals surface area contributed by atoms with Gasteiger partial charge in [0.2, 0.25) is 5.17 Å². The number of para-hydroxylation sites is 1. The van der Waals surface area contributed by atoms with E-state index < -0.39 is 5.91 Å². The Morgan fingerprint density at radius 3 is 2.74 bits per heavy atom. The Kier molecular flexibility index (Phi) is 5.91. The maximum absolute atomic E-state index is 14.4. The number of fused-ring (bicyclic) bond motifs is 1. The predicted octanol–water partition coefficient (Wildman–Crippen LogP) is 5.43. The molecule has 31 heavy (non-hydrogen) atoms. The van der Waals surface area contributed by atoms with Crippen molar-refractivity contribution in [1.29, 1.82) is 5.41 Å². The monoisotopic (exact) mass is 437 g/mol. The molecule has 4 rings (SSSR count). The Balaban J connectivity index is 1.66. The summed E-state index contributed by atoms with van der Waals surface area (Å²) in [4.78, 5) is 16.8. The quantitative estimate of drug-likeness (QED) is 0.483. The van der Waals surface area contributed by atoms with Gasteiger partial charge in [0.15, 0.2) is 5.84 Å². The van der Waals surface area contributed by atoms with Crippen molar-refractivity contribution in [3.63, 3.8) is 0 Å². The maximum atomic E-state index is 14.4. The van der Waals surface area contributed by atoms with Crippen LogP contribution in [0, 0.1) is 25.1 Å². The number of nitrogens with zero attached hydrogens (tertiary/aromatic N) is 4. The second-order valence-corrected chi connectivity index (χ2v) is 8.62. The van der Waals surface area contributed by atoms with Crippen molar-refractivity contribution in [2.24, 2.45) is 10.1 Å². The van der Waals surface area contributed by atoms with Crippen LogP contribution in [0.4, 0.5) is 4.39 Å². The third-order valence-electron chi connectivity index (χ3n) is 5.35. The molecule has 1 aromatic heterocycles. The second kappa shape index (κ2) is 8.63. The lowest BCUT2D eigenvalue weighted by atomic mass is 10.1. The molecule has 0 fully saturated rings. The van der Waals surface area contributed by atoms with Crippen LogP contribution in [0.5, 0.6) is 0 Å². The van der Waals surface area contributed by atoms with E-state index in [1.54, 1.807) is 24.3 Å². The standard InChI is InChI=1S/C23H24FN5OS/c1-4-5-6-11-20-27-29-21(25)17(22(30)26-23(29)31-20)13-16-12-14(2)28(15(16)3)19-10-8-7-9-18(19)24/h7-10,12-13,25H,4-6,11H2,1-3H3. The van der Waals surface area contributed by atoms with Crippen LogP contribution >= 0.6 is 11.8 Å². The van der Waals surface area contributed by atoms with Gasteiger partial charge in [0, 0.05) is 11.4 Å². The van der Waals surface area contributed by atoms with E-state index in [9.17, 15) is 9.18 Å². The van der Waals surface area contributed by atoms with Crippen molar-refractivity contribution in [3.8, 4) is 5.69 Å². The molecule has 6 nitrogen and oxygen atoms in total. The molecule has 0 saturated carbocycles. The number of amides is 1. The van der Waals surface area contributed by atoms with E-state index in [4.69, 9.17) is 5.41 Å². The number of hydrogen-bond donors (Lipinski definition) is 1. The average molecular weight is 438 g/mol. The van der Waals surface area contributed by atoms with Gasteiger partial charge in [0.1, 0.15) is 10.9 Å². The topological polar surface area (TPSA) is 73.8 Å². The Hall–Kier alpha value is -3.00. The number of carbonyl (C=O) groups excluding carboxylic acids is 1. The number of benzene rings is 1. The Morgan fingerprint density at radius 1 is 1.23 bits per heavy atom. The molecule has 0 unspecified atom stereocenters. The number of rotatable bonds is 6. The van der Waals surface area contributed by atoms with E-state index >= 15 is 0 Å². The zero-order valence-corrected chi connectivity index (χ0v) is 18.6. The molecule has 8 heteroatoms. The van der Waals surface area contributed by atoms with Crippen LogP contribution in [0.25, 0.3) is 11.8 Å². The van der Waals surface area contributed by atoms with Crippen LogP contribution in [-0.2, 0) is 4.79 Å². The fourth-order valence-corrected chi connectivity index (χ4v) is 4.68. The number of nitrogens with one attached hydrogen (secondary N) is 1. The van der Waals surface area contributed by atoms with Crippen molar-refractivity contribution in [2.45, 2.75) is 46.5 Å². The molecule has 0 radical (unpaired) electrons. The van der Waals surface area contributed by atoms with Gasteiger partial charge in [-0.15, -0.1) is 0 Å². The summed E-state index contributed by atoms with van der Waals surface area (Å²) in [7, 11) is 0. The van der Waals surface area contributed by atoms with Gasteiger partial charge >= 0.3 is 0 Å². The summed E-state index contributed by atoms with van der Waals surface area (Å²) in [6, 6.07) is 8.45. The number of hydrogen-bond acceptors (Lipinski definition) is 4. The van der Waals surface area contributed by atoms with Crippen molar-refractivity contribution in [3.05, 3.63) is 58.7 Å². The minimum absolute atomic E-state index is 0.0173. The number of hydrazone groups is 1. The zero-order valence-electron chi connectivity index (χ0n) is 17.8. The summed E-state index contributed by atoms with van der Waals surface area (Å²) >= 11 is 1.36. The fourth-order valence-electron chi connectivity index (χ4n) is 3.75. The number of thioether (sulfide) groups is 1. The van der Waals surface area contributed by atoms with Gasteiger partial charge in [-0.1, -0.05) is 31.9 Å². The highest BCUT2D eigenvalue weighted by Gasteiger charge is 2.35. The highest BCUT2D eigenvalue weighted by Crippen LogP contribution is 2.31. The van der Waals surface area contributed by atoms with E-state index in [-0.39, 0.29) is 17.2 Å². The first-order valence-electron chi connectivity index (χ1n) is 10.3. The third kappa shape index (κ3) is 3.99. The number of aryl methyl sites for hydroxylation is 1. The maximum Gasteiger partial charge on any atom is 0.283 e. The average Bonchev–Trinajstić information content (AvgIpc) is 3.26. The van der Waals surface area contributed by atoms with Crippen LogP contribution in [-0.4, -0.2) is 31.5 Å². The van der Waals surface area contributed by atoms with E-state index in [1.165, 1.54) is 22.8 Å². The lowest BCUT2D eigenvalue weighted by Gasteiger charge is -2.20. The third-order valence-corrected chi connectivity index (χ3v) is 6.32. The summed E-state index contributed by atoms with van der Waals surface area (Å²) in [5, 5.41) is 15.8. The second-order valence-electron chi connectivity index (χ2n) is 7.58. The zero-order chi connectivity index (χ0) is 22.1. The molecular weight excluding hydrogens is 413 g/mol. The number of aromatic nitrogens is 1. The highest BCUT2D eigenvalue weighted by molar-refractivity contribution is 8.26. The molecule has 0 atom stereocenters. The molecule has 0 saturated heterocycles. The van der Waals surface area contributed by atoms with E-state index in [0.29, 0.717) is 10.9 Å². The molecule has 1 aromatic carbocycles. The highest BCUT2D eigenvalue weighted by atomic mass is 32.2. The van der Waals surface area contributed by atoms with E-state index in [2.05, 4.69) is 17.0 Å². The smallest absolute Gasteiger partial charge is 0.283 e. The first-order chi connectivity index (χ1) is 14.9. The number of halogens is 1. The minimum atomic E-state index is -0.454. The van der Waals surface area contributed by atoms with Crippen LogP contribution in [0.2, 0.25) is 0 Å². The van der Waals surface area contributed by atoms with Gasteiger partial charge in [0.05, 0.1) is 11.3 Å². The van der Waals surface area contributed by atoms with Crippen LogP contribution in [0.15, 0.2) is 46.0 Å².